The van der Waals surface area contributed by atoms with Crippen LogP contribution < -0.4 is 10.3 Å². The molecule has 2 rings (SSSR count). The van der Waals surface area contributed by atoms with Crippen LogP contribution in [-0.2, 0) is 0 Å². The second-order valence-electron chi connectivity index (χ2n) is 4.91. The molecule has 1 aromatic rings. The van der Waals surface area contributed by atoms with E-state index in [1.807, 2.05) is 0 Å². The minimum absolute atomic E-state index is 0.165. The summed E-state index contributed by atoms with van der Waals surface area (Å²) in [6, 6.07) is 1.41. The van der Waals surface area contributed by atoms with Gasteiger partial charge in [0.1, 0.15) is 6.10 Å². The molecule has 0 aromatic carbocycles. The summed E-state index contributed by atoms with van der Waals surface area (Å²) in [5.74, 6) is 1.82. The fraction of sp³-hybridized carbons (Fsp3) is 0.667. The molecule has 1 N–H and O–H groups in total. The lowest BCUT2D eigenvalue weighted by Gasteiger charge is -2.31. The van der Waals surface area contributed by atoms with Gasteiger partial charge in [0.25, 0.3) is 5.56 Å². The first kappa shape index (κ1) is 11.2. The molecule has 88 valence electrons. The number of aromatic nitrogens is 2. The normalized spacial score (nSPS) is 30.0. The van der Waals surface area contributed by atoms with Crippen LogP contribution in [0, 0.1) is 11.8 Å². The van der Waals surface area contributed by atoms with Gasteiger partial charge in [-0.15, -0.1) is 0 Å². The molecular formula is C12H18N2O2. The topological polar surface area (TPSA) is 55.0 Å². The second-order valence-corrected chi connectivity index (χ2v) is 4.91. The Hall–Kier alpha value is -1.32. The highest BCUT2D eigenvalue weighted by Crippen LogP contribution is 2.30. The predicted octanol–water partition coefficient (Wildman–Crippen LogP) is 1.97. The molecular weight excluding hydrogens is 204 g/mol. The zero-order valence-corrected chi connectivity index (χ0v) is 9.77. The first-order valence-corrected chi connectivity index (χ1v) is 5.85. The molecule has 0 spiro atoms. The molecule has 4 nitrogen and oxygen atoms in total. The summed E-state index contributed by atoms with van der Waals surface area (Å²) in [6.07, 6.45) is 4.96. The van der Waals surface area contributed by atoms with Gasteiger partial charge in [0.15, 0.2) is 0 Å². The van der Waals surface area contributed by atoms with Gasteiger partial charge >= 0.3 is 0 Å². The zero-order valence-electron chi connectivity index (χ0n) is 9.77. The zero-order chi connectivity index (χ0) is 11.5. The summed E-state index contributed by atoms with van der Waals surface area (Å²) >= 11 is 0. The maximum absolute atomic E-state index is 11.1. The maximum atomic E-state index is 11.1. The molecule has 1 aliphatic carbocycles. The molecule has 1 aromatic heterocycles. The van der Waals surface area contributed by atoms with Gasteiger partial charge in [0.05, 0.1) is 12.4 Å². The van der Waals surface area contributed by atoms with Crippen molar-refractivity contribution >= 4 is 0 Å². The number of H-pyrrole nitrogens is 1. The Balaban J connectivity index is 2.01. The van der Waals surface area contributed by atoms with Crippen LogP contribution in [-0.4, -0.2) is 16.1 Å². The molecule has 0 aliphatic heterocycles. The number of hydrogen-bond acceptors (Lipinski definition) is 3. The van der Waals surface area contributed by atoms with E-state index in [0.29, 0.717) is 17.7 Å². The van der Waals surface area contributed by atoms with Crippen molar-refractivity contribution in [1.29, 1.82) is 0 Å². The van der Waals surface area contributed by atoms with Crippen LogP contribution in [0.2, 0.25) is 0 Å². The van der Waals surface area contributed by atoms with Crippen molar-refractivity contribution in [3.8, 4) is 5.88 Å². The van der Waals surface area contributed by atoms with Crippen molar-refractivity contribution in [3.63, 3.8) is 0 Å². The Morgan fingerprint density at radius 1 is 1.31 bits per heavy atom. The first-order chi connectivity index (χ1) is 7.63. The summed E-state index contributed by atoms with van der Waals surface area (Å²) in [4.78, 5) is 17.6. The average molecular weight is 222 g/mol. The quantitative estimate of drug-likeness (QED) is 0.832. The molecule has 1 saturated carbocycles. The van der Waals surface area contributed by atoms with E-state index in [1.165, 1.54) is 18.8 Å². The van der Waals surface area contributed by atoms with Crippen molar-refractivity contribution in [2.45, 2.75) is 39.2 Å². The largest absolute Gasteiger partial charge is 0.474 e. The van der Waals surface area contributed by atoms with E-state index in [-0.39, 0.29) is 11.7 Å². The first-order valence-electron chi connectivity index (χ1n) is 5.85. The highest BCUT2D eigenvalue weighted by molar-refractivity contribution is 5.05. The molecule has 16 heavy (non-hydrogen) atoms. The van der Waals surface area contributed by atoms with Crippen molar-refractivity contribution in [2.24, 2.45) is 11.8 Å². The monoisotopic (exact) mass is 222 g/mol. The lowest BCUT2D eigenvalue weighted by molar-refractivity contribution is 0.0964. The highest BCUT2D eigenvalue weighted by Gasteiger charge is 2.25. The molecule has 1 heterocycles. The molecule has 0 bridgehead atoms. The van der Waals surface area contributed by atoms with Gasteiger partial charge in [-0.2, -0.15) is 0 Å². The molecule has 2 atom stereocenters. The third kappa shape index (κ3) is 2.84. The van der Waals surface area contributed by atoms with Gasteiger partial charge in [0, 0.05) is 0 Å². The highest BCUT2D eigenvalue weighted by atomic mass is 16.5. The van der Waals surface area contributed by atoms with E-state index in [4.69, 9.17) is 4.74 Å². The standard InChI is InChI=1S/C12H18N2O2/c1-8-3-9(2)5-10(4-8)16-12-6-11(15)13-7-14-12/h6-10H,3-5H2,1-2H3,(H,13,14,15). The average Bonchev–Trinajstić information content (AvgIpc) is 2.15. The summed E-state index contributed by atoms with van der Waals surface area (Å²) in [5.41, 5.74) is -0.165. The molecule has 1 fully saturated rings. The predicted molar refractivity (Wildman–Crippen MR) is 61.5 cm³/mol. The minimum atomic E-state index is -0.165. The van der Waals surface area contributed by atoms with Crippen molar-refractivity contribution in [1.82, 2.24) is 9.97 Å². The number of nitrogens with zero attached hydrogens (tertiary/aromatic N) is 1. The van der Waals surface area contributed by atoms with E-state index in [2.05, 4.69) is 23.8 Å². The number of aromatic amines is 1. The van der Waals surface area contributed by atoms with Crippen LogP contribution in [0.3, 0.4) is 0 Å². The molecule has 0 radical (unpaired) electrons. The van der Waals surface area contributed by atoms with Crippen LogP contribution in [0.15, 0.2) is 17.2 Å². The summed E-state index contributed by atoms with van der Waals surface area (Å²) in [7, 11) is 0. The van der Waals surface area contributed by atoms with Crippen molar-refractivity contribution < 1.29 is 4.74 Å². The van der Waals surface area contributed by atoms with Crippen LogP contribution in [0.25, 0.3) is 0 Å². The van der Waals surface area contributed by atoms with Gasteiger partial charge in [-0.3, -0.25) is 4.79 Å². The molecule has 4 heteroatoms. The van der Waals surface area contributed by atoms with E-state index in [0.717, 1.165) is 12.8 Å². The second kappa shape index (κ2) is 4.68. The summed E-state index contributed by atoms with van der Waals surface area (Å²) in [6.45, 7) is 4.49. The van der Waals surface area contributed by atoms with Gasteiger partial charge in [-0.05, 0) is 31.1 Å². The Morgan fingerprint density at radius 2 is 2.00 bits per heavy atom. The van der Waals surface area contributed by atoms with Gasteiger partial charge in [0.2, 0.25) is 5.88 Å². The number of ether oxygens (including phenoxy) is 1. The molecule has 2 unspecified atom stereocenters. The number of rotatable bonds is 2. The lowest BCUT2D eigenvalue weighted by atomic mass is 9.82. The van der Waals surface area contributed by atoms with Crippen LogP contribution in [0.4, 0.5) is 0 Å². The van der Waals surface area contributed by atoms with E-state index in [1.54, 1.807) is 0 Å². The smallest absolute Gasteiger partial charge is 0.254 e. The SMILES string of the molecule is CC1CC(C)CC(Oc2cc(=O)[nH]cn2)C1. The fourth-order valence-corrected chi connectivity index (χ4v) is 2.56. The van der Waals surface area contributed by atoms with E-state index in [9.17, 15) is 4.79 Å². The lowest BCUT2D eigenvalue weighted by Crippen LogP contribution is -2.29. The Morgan fingerprint density at radius 3 is 2.62 bits per heavy atom. The van der Waals surface area contributed by atoms with E-state index < -0.39 is 0 Å². The fourth-order valence-electron chi connectivity index (χ4n) is 2.56. The molecule has 0 saturated heterocycles. The maximum Gasteiger partial charge on any atom is 0.254 e. The van der Waals surface area contributed by atoms with Gasteiger partial charge < -0.3 is 9.72 Å². The van der Waals surface area contributed by atoms with Crippen molar-refractivity contribution in [3.05, 3.63) is 22.7 Å². The summed E-state index contributed by atoms with van der Waals surface area (Å²) < 4.78 is 5.75. The third-order valence-electron chi connectivity index (χ3n) is 3.08. The van der Waals surface area contributed by atoms with Crippen LogP contribution in [0.1, 0.15) is 33.1 Å². The molecule has 0 amide bonds. The molecule has 1 aliphatic rings. The third-order valence-corrected chi connectivity index (χ3v) is 3.08. The van der Waals surface area contributed by atoms with Crippen LogP contribution in [0.5, 0.6) is 5.88 Å². The van der Waals surface area contributed by atoms with E-state index >= 15 is 0 Å². The Bertz CT molecular complexity index is 392. The van der Waals surface area contributed by atoms with Gasteiger partial charge in [-0.25, -0.2) is 4.98 Å². The summed E-state index contributed by atoms with van der Waals surface area (Å²) in [5, 5.41) is 0. The Labute approximate surface area is 95.1 Å². The Kier molecular flexibility index (Phi) is 3.27. The van der Waals surface area contributed by atoms with Gasteiger partial charge in [-0.1, -0.05) is 13.8 Å². The number of hydrogen-bond donors (Lipinski definition) is 1. The minimum Gasteiger partial charge on any atom is -0.474 e. The number of nitrogens with one attached hydrogen (secondary N) is 1. The van der Waals surface area contributed by atoms with Crippen LogP contribution >= 0.6 is 0 Å². The van der Waals surface area contributed by atoms with Crippen molar-refractivity contribution in [2.75, 3.05) is 0 Å².